The average Bonchev–Trinajstić information content (AvgIpc) is 1.35. The predicted molar refractivity (Wildman–Crippen MR) is 41.2 cm³/mol. The normalized spacial score (nSPS) is 12.0. The standard InChI is InChI=1S/C5H13P.ClH/c1-5(2,3)6-4;/h6H,1-4H3;1H. The van der Waals surface area contributed by atoms with E-state index in [-0.39, 0.29) is 12.4 Å². The van der Waals surface area contributed by atoms with Crippen molar-refractivity contribution in [1.29, 1.82) is 0 Å². The average molecular weight is 141 g/mol. The summed E-state index contributed by atoms with van der Waals surface area (Å²) in [7, 11) is 1.07. The molecule has 0 spiro atoms. The largest absolute Gasteiger partial charge is 0.147 e. The Morgan fingerprint density at radius 3 is 1.29 bits per heavy atom. The van der Waals surface area contributed by atoms with Crippen molar-refractivity contribution in [2.45, 2.75) is 25.9 Å². The van der Waals surface area contributed by atoms with Gasteiger partial charge in [0.2, 0.25) is 0 Å². The van der Waals surface area contributed by atoms with Gasteiger partial charge in [0.25, 0.3) is 0 Å². The van der Waals surface area contributed by atoms with Gasteiger partial charge in [0.1, 0.15) is 0 Å². The zero-order valence-electron chi connectivity index (χ0n) is 5.41. The predicted octanol–water partition coefficient (Wildman–Crippen LogP) is 2.52. The van der Waals surface area contributed by atoms with Crippen LogP contribution in [0.1, 0.15) is 20.8 Å². The Hall–Kier alpha value is 0.720. The van der Waals surface area contributed by atoms with Crippen LogP contribution in [0.2, 0.25) is 0 Å². The van der Waals surface area contributed by atoms with Crippen LogP contribution in [0.3, 0.4) is 0 Å². The van der Waals surface area contributed by atoms with Crippen LogP contribution in [0.15, 0.2) is 0 Å². The van der Waals surface area contributed by atoms with Gasteiger partial charge in [-0.15, -0.1) is 21.0 Å². The van der Waals surface area contributed by atoms with E-state index in [0.717, 1.165) is 8.58 Å². The van der Waals surface area contributed by atoms with Gasteiger partial charge in [-0.2, -0.15) is 0 Å². The Kier molecular flexibility index (Phi) is 5.62. The summed E-state index contributed by atoms with van der Waals surface area (Å²) in [6, 6.07) is 0. The van der Waals surface area contributed by atoms with Crippen LogP contribution in [-0.2, 0) is 0 Å². The molecule has 0 heterocycles. The Balaban J connectivity index is 0. The number of hydrogen-bond donors (Lipinski definition) is 0. The van der Waals surface area contributed by atoms with Crippen molar-refractivity contribution >= 4 is 21.0 Å². The molecule has 0 aliphatic carbocycles. The van der Waals surface area contributed by atoms with Crippen LogP contribution in [0.4, 0.5) is 0 Å². The molecule has 1 atom stereocenters. The first kappa shape index (κ1) is 10.7. The van der Waals surface area contributed by atoms with Gasteiger partial charge < -0.3 is 0 Å². The smallest absolute Gasteiger partial charge is 0.0209 e. The van der Waals surface area contributed by atoms with Crippen LogP contribution in [-0.4, -0.2) is 11.8 Å². The topological polar surface area (TPSA) is 0 Å². The first-order chi connectivity index (χ1) is 2.56. The fraction of sp³-hybridized carbons (Fsp3) is 1.00. The molecule has 0 aromatic heterocycles. The first-order valence-electron chi connectivity index (χ1n) is 2.25. The summed E-state index contributed by atoms with van der Waals surface area (Å²) in [5.41, 5.74) is 0. The second-order valence-electron chi connectivity index (χ2n) is 2.50. The highest BCUT2D eigenvalue weighted by Gasteiger charge is 2.03. The molecule has 0 amide bonds. The van der Waals surface area contributed by atoms with Gasteiger partial charge in [-0.3, -0.25) is 0 Å². The molecule has 0 saturated heterocycles. The van der Waals surface area contributed by atoms with Crippen molar-refractivity contribution in [2.24, 2.45) is 0 Å². The number of hydrogen-bond acceptors (Lipinski definition) is 0. The Bertz CT molecular complexity index is 37.8. The van der Waals surface area contributed by atoms with E-state index in [9.17, 15) is 0 Å². The molecular weight excluding hydrogens is 126 g/mol. The van der Waals surface area contributed by atoms with Crippen molar-refractivity contribution in [3.05, 3.63) is 0 Å². The summed E-state index contributed by atoms with van der Waals surface area (Å²) >= 11 is 0. The van der Waals surface area contributed by atoms with E-state index in [2.05, 4.69) is 27.4 Å². The minimum absolute atomic E-state index is 0. The Labute approximate surface area is 54.3 Å². The Morgan fingerprint density at radius 1 is 1.14 bits per heavy atom. The number of rotatable bonds is 0. The van der Waals surface area contributed by atoms with Crippen LogP contribution in [0, 0.1) is 0 Å². The summed E-state index contributed by atoms with van der Waals surface area (Å²) in [5.74, 6) is 0. The van der Waals surface area contributed by atoms with Gasteiger partial charge in [0.15, 0.2) is 0 Å². The summed E-state index contributed by atoms with van der Waals surface area (Å²) < 4.78 is 0. The van der Waals surface area contributed by atoms with Crippen molar-refractivity contribution in [3.63, 3.8) is 0 Å². The third-order valence-electron chi connectivity index (χ3n) is 0.750. The zero-order chi connectivity index (χ0) is 5.21. The summed E-state index contributed by atoms with van der Waals surface area (Å²) in [6.45, 7) is 9.00. The maximum absolute atomic E-state index is 2.26. The molecule has 0 nitrogen and oxygen atoms in total. The minimum atomic E-state index is 0. The fourth-order valence-electron chi connectivity index (χ4n) is 0. The molecule has 0 radical (unpaired) electrons. The molecule has 0 N–H and O–H groups in total. The zero-order valence-corrected chi connectivity index (χ0v) is 7.22. The van der Waals surface area contributed by atoms with Gasteiger partial charge in [-0.1, -0.05) is 20.8 Å². The highest BCUT2D eigenvalue weighted by molar-refractivity contribution is 7.38. The summed E-state index contributed by atoms with van der Waals surface area (Å²) in [4.78, 5) is 0. The quantitative estimate of drug-likeness (QED) is 0.454. The third-order valence-corrected chi connectivity index (χ3v) is 2.25. The van der Waals surface area contributed by atoms with E-state index in [1.54, 1.807) is 0 Å². The summed E-state index contributed by atoms with van der Waals surface area (Å²) in [5, 5.41) is 0.569. The molecule has 0 bridgehead atoms. The van der Waals surface area contributed by atoms with Crippen LogP contribution < -0.4 is 0 Å². The second kappa shape index (κ2) is 3.69. The van der Waals surface area contributed by atoms with Crippen LogP contribution >= 0.6 is 21.0 Å². The molecule has 46 valence electrons. The maximum Gasteiger partial charge on any atom is -0.0209 e. The molecule has 0 aromatic carbocycles. The molecule has 0 aliphatic rings. The minimum Gasteiger partial charge on any atom is -0.147 e. The van der Waals surface area contributed by atoms with Gasteiger partial charge in [0.05, 0.1) is 0 Å². The van der Waals surface area contributed by atoms with E-state index in [1.807, 2.05) is 0 Å². The number of halogens is 1. The van der Waals surface area contributed by atoms with Gasteiger partial charge in [-0.05, 0) is 11.8 Å². The molecule has 0 fully saturated rings. The lowest BCUT2D eigenvalue weighted by Gasteiger charge is -2.12. The molecule has 1 unspecified atom stereocenters. The van der Waals surface area contributed by atoms with E-state index in [0.29, 0.717) is 5.16 Å². The van der Waals surface area contributed by atoms with Crippen molar-refractivity contribution in [2.75, 3.05) is 6.66 Å². The monoisotopic (exact) mass is 140 g/mol. The van der Waals surface area contributed by atoms with Gasteiger partial charge in [0, 0.05) is 0 Å². The molecule has 0 saturated carbocycles. The Morgan fingerprint density at radius 2 is 1.29 bits per heavy atom. The van der Waals surface area contributed by atoms with Crippen molar-refractivity contribution < 1.29 is 0 Å². The highest BCUT2D eigenvalue weighted by Crippen LogP contribution is 2.25. The first-order valence-corrected chi connectivity index (χ1v) is 3.75. The fourth-order valence-corrected chi connectivity index (χ4v) is 0. The van der Waals surface area contributed by atoms with Gasteiger partial charge >= 0.3 is 0 Å². The second-order valence-corrected chi connectivity index (χ2v) is 4.50. The van der Waals surface area contributed by atoms with Crippen LogP contribution in [0.5, 0.6) is 0 Å². The molecule has 0 rings (SSSR count). The molecule has 2 heteroatoms. The molecule has 7 heavy (non-hydrogen) atoms. The maximum atomic E-state index is 2.26. The lowest BCUT2D eigenvalue weighted by atomic mass is 10.3. The highest BCUT2D eigenvalue weighted by atomic mass is 35.5. The van der Waals surface area contributed by atoms with Crippen molar-refractivity contribution in [1.82, 2.24) is 0 Å². The summed E-state index contributed by atoms with van der Waals surface area (Å²) in [6.07, 6.45) is 0. The van der Waals surface area contributed by atoms with E-state index < -0.39 is 0 Å². The molecule has 0 aliphatic heterocycles. The third kappa shape index (κ3) is 10.8. The van der Waals surface area contributed by atoms with Gasteiger partial charge in [-0.25, -0.2) is 0 Å². The van der Waals surface area contributed by atoms with E-state index in [1.165, 1.54) is 0 Å². The SMILES string of the molecule is CPC(C)(C)C.Cl. The lowest BCUT2D eigenvalue weighted by molar-refractivity contribution is 0.797. The van der Waals surface area contributed by atoms with E-state index >= 15 is 0 Å². The molecule has 0 aromatic rings. The van der Waals surface area contributed by atoms with E-state index in [4.69, 9.17) is 0 Å². The van der Waals surface area contributed by atoms with Crippen LogP contribution in [0.25, 0.3) is 0 Å². The lowest BCUT2D eigenvalue weighted by Crippen LogP contribution is -2.02. The van der Waals surface area contributed by atoms with Crippen molar-refractivity contribution in [3.8, 4) is 0 Å². The molecular formula is C5H14ClP.